The predicted octanol–water partition coefficient (Wildman–Crippen LogP) is 3.01. The molecule has 5 heteroatoms. The first-order chi connectivity index (χ1) is 12.5. The van der Waals surface area contributed by atoms with Crippen LogP contribution in [-0.2, 0) is 11.2 Å². The molecule has 0 aromatic heterocycles. The van der Waals surface area contributed by atoms with Crippen LogP contribution < -0.4 is 20.5 Å². The first-order valence-electron chi connectivity index (χ1n) is 8.77. The molecule has 3 N–H and O–H groups in total. The van der Waals surface area contributed by atoms with Crippen LogP contribution in [0.25, 0.3) is 0 Å². The second-order valence-corrected chi connectivity index (χ2v) is 6.44. The Kier molecular flexibility index (Phi) is 7.04. The maximum absolute atomic E-state index is 12.5. The number of methoxy groups -OCH3 is 2. The fourth-order valence-electron chi connectivity index (χ4n) is 2.80. The number of benzene rings is 2. The summed E-state index contributed by atoms with van der Waals surface area (Å²) in [6, 6.07) is 13.7. The second-order valence-electron chi connectivity index (χ2n) is 6.44. The maximum atomic E-state index is 12.5. The van der Waals surface area contributed by atoms with Gasteiger partial charge in [0.2, 0.25) is 5.91 Å². The molecule has 0 aliphatic rings. The van der Waals surface area contributed by atoms with Gasteiger partial charge in [0.25, 0.3) is 0 Å². The lowest BCUT2D eigenvalue weighted by atomic mass is 9.95. The summed E-state index contributed by atoms with van der Waals surface area (Å²) >= 11 is 0. The number of carbonyl (C=O) groups is 1. The molecular formula is C21H28N2O3. The van der Waals surface area contributed by atoms with Crippen LogP contribution in [0.3, 0.4) is 0 Å². The summed E-state index contributed by atoms with van der Waals surface area (Å²) in [6.45, 7) is 4.22. The van der Waals surface area contributed by atoms with Gasteiger partial charge >= 0.3 is 0 Å². The first-order valence-corrected chi connectivity index (χ1v) is 8.77. The SMILES string of the molecule is COc1ccc(C(Cc2ccccc2C)NC(=O)C(C)CN)cc1OC. The molecule has 5 nitrogen and oxygen atoms in total. The normalized spacial score (nSPS) is 13.0. The van der Waals surface area contributed by atoms with Crippen molar-refractivity contribution in [1.82, 2.24) is 5.32 Å². The van der Waals surface area contributed by atoms with Crippen molar-refractivity contribution in [2.24, 2.45) is 11.7 Å². The van der Waals surface area contributed by atoms with E-state index in [0.717, 1.165) is 5.56 Å². The van der Waals surface area contributed by atoms with Crippen molar-refractivity contribution in [3.05, 3.63) is 59.2 Å². The van der Waals surface area contributed by atoms with Crippen molar-refractivity contribution < 1.29 is 14.3 Å². The molecule has 140 valence electrons. The standard InChI is InChI=1S/C21H28N2O3/c1-14-7-5-6-8-16(14)11-18(23-21(24)15(2)13-22)17-9-10-19(25-3)20(12-17)26-4/h5-10,12,15,18H,11,13,22H2,1-4H3,(H,23,24). The van der Waals surface area contributed by atoms with Crippen molar-refractivity contribution in [2.75, 3.05) is 20.8 Å². The topological polar surface area (TPSA) is 73.6 Å². The molecule has 0 radical (unpaired) electrons. The third-order valence-electron chi connectivity index (χ3n) is 4.61. The summed E-state index contributed by atoms with van der Waals surface area (Å²) in [7, 11) is 3.21. The van der Waals surface area contributed by atoms with Crippen molar-refractivity contribution in [2.45, 2.75) is 26.3 Å². The molecule has 0 aliphatic carbocycles. The number of carbonyl (C=O) groups excluding carboxylic acids is 1. The van der Waals surface area contributed by atoms with Crippen molar-refractivity contribution >= 4 is 5.91 Å². The van der Waals surface area contributed by atoms with Crippen LogP contribution in [0.4, 0.5) is 0 Å². The van der Waals surface area contributed by atoms with Gasteiger partial charge in [-0.15, -0.1) is 0 Å². The van der Waals surface area contributed by atoms with E-state index in [-0.39, 0.29) is 17.9 Å². The van der Waals surface area contributed by atoms with Crippen LogP contribution in [0.2, 0.25) is 0 Å². The molecule has 1 amide bonds. The van der Waals surface area contributed by atoms with Gasteiger partial charge in [-0.1, -0.05) is 37.3 Å². The third-order valence-corrected chi connectivity index (χ3v) is 4.61. The monoisotopic (exact) mass is 356 g/mol. The zero-order chi connectivity index (χ0) is 19.1. The maximum Gasteiger partial charge on any atom is 0.224 e. The van der Waals surface area contributed by atoms with E-state index < -0.39 is 0 Å². The van der Waals surface area contributed by atoms with Crippen molar-refractivity contribution in [1.29, 1.82) is 0 Å². The molecule has 0 fully saturated rings. The van der Waals surface area contributed by atoms with Crippen LogP contribution in [0, 0.1) is 12.8 Å². The van der Waals surface area contributed by atoms with E-state index >= 15 is 0 Å². The highest BCUT2D eigenvalue weighted by Gasteiger charge is 2.20. The summed E-state index contributed by atoms with van der Waals surface area (Å²) in [5.41, 5.74) is 8.99. The van der Waals surface area contributed by atoms with Crippen LogP contribution >= 0.6 is 0 Å². The Balaban J connectivity index is 2.36. The van der Waals surface area contributed by atoms with Crippen LogP contribution in [-0.4, -0.2) is 26.7 Å². The molecule has 0 aliphatic heterocycles. The molecule has 2 rings (SSSR count). The van der Waals surface area contributed by atoms with Crippen LogP contribution in [0.5, 0.6) is 11.5 Å². The summed E-state index contributed by atoms with van der Waals surface area (Å²) in [5, 5.41) is 3.13. The number of aryl methyl sites for hydroxylation is 1. The van der Waals surface area contributed by atoms with Gasteiger partial charge in [0.1, 0.15) is 0 Å². The van der Waals surface area contributed by atoms with Gasteiger partial charge in [-0.3, -0.25) is 4.79 Å². The van der Waals surface area contributed by atoms with E-state index in [1.54, 1.807) is 14.2 Å². The quantitative estimate of drug-likeness (QED) is 0.762. The first kappa shape index (κ1) is 19.8. The molecule has 26 heavy (non-hydrogen) atoms. The van der Waals surface area contributed by atoms with Gasteiger partial charge in [0, 0.05) is 12.5 Å². The molecule has 2 aromatic carbocycles. The van der Waals surface area contributed by atoms with E-state index in [1.807, 2.05) is 37.3 Å². The Morgan fingerprint density at radius 2 is 1.81 bits per heavy atom. The van der Waals surface area contributed by atoms with Gasteiger partial charge in [-0.25, -0.2) is 0 Å². The largest absolute Gasteiger partial charge is 0.493 e. The molecule has 2 atom stereocenters. The summed E-state index contributed by atoms with van der Waals surface area (Å²) in [5.74, 6) is 1.00. The van der Waals surface area contributed by atoms with Gasteiger partial charge in [0.15, 0.2) is 11.5 Å². The smallest absolute Gasteiger partial charge is 0.224 e. The molecule has 2 unspecified atom stereocenters. The second kappa shape index (κ2) is 9.25. The summed E-state index contributed by atoms with van der Waals surface area (Å²) < 4.78 is 10.7. The van der Waals surface area contributed by atoms with E-state index in [2.05, 4.69) is 24.4 Å². The highest BCUT2D eigenvalue weighted by Crippen LogP contribution is 2.31. The zero-order valence-corrected chi connectivity index (χ0v) is 15.9. The van der Waals surface area contributed by atoms with E-state index in [4.69, 9.17) is 15.2 Å². The van der Waals surface area contributed by atoms with E-state index in [1.165, 1.54) is 11.1 Å². The molecular weight excluding hydrogens is 328 g/mol. The van der Waals surface area contributed by atoms with E-state index in [0.29, 0.717) is 24.5 Å². The Hall–Kier alpha value is -2.53. The highest BCUT2D eigenvalue weighted by molar-refractivity contribution is 5.79. The highest BCUT2D eigenvalue weighted by atomic mass is 16.5. The lowest BCUT2D eigenvalue weighted by molar-refractivity contribution is -0.125. The number of nitrogens with one attached hydrogen (secondary N) is 1. The average molecular weight is 356 g/mol. The predicted molar refractivity (Wildman–Crippen MR) is 104 cm³/mol. The number of hydrogen-bond acceptors (Lipinski definition) is 4. The van der Waals surface area contributed by atoms with Crippen molar-refractivity contribution in [3.8, 4) is 11.5 Å². The van der Waals surface area contributed by atoms with Crippen molar-refractivity contribution in [3.63, 3.8) is 0 Å². The number of ether oxygens (including phenoxy) is 2. The van der Waals surface area contributed by atoms with Gasteiger partial charge in [-0.05, 0) is 42.2 Å². The Bertz CT molecular complexity index is 746. The van der Waals surface area contributed by atoms with Crippen LogP contribution in [0.15, 0.2) is 42.5 Å². The Morgan fingerprint density at radius 3 is 2.42 bits per heavy atom. The Morgan fingerprint density at radius 1 is 1.12 bits per heavy atom. The summed E-state index contributed by atoms with van der Waals surface area (Å²) in [6.07, 6.45) is 0.686. The lowest BCUT2D eigenvalue weighted by Crippen LogP contribution is -2.36. The number of hydrogen-bond donors (Lipinski definition) is 2. The molecule has 0 spiro atoms. The molecule has 2 aromatic rings. The Labute approximate surface area is 155 Å². The minimum Gasteiger partial charge on any atom is -0.493 e. The number of rotatable bonds is 8. The molecule has 0 saturated heterocycles. The molecule has 0 saturated carbocycles. The summed E-state index contributed by atoms with van der Waals surface area (Å²) in [4.78, 5) is 12.5. The fraction of sp³-hybridized carbons (Fsp3) is 0.381. The minimum absolute atomic E-state index is 0.0548. The van der Waals surface area contributed by atoms with Crippen LogP contribution in [0.1, 0.15) is 29.7 Å². The molecule has 0 bridgehead atoms. The number of nitrogens with two attached hydrogens (primary N) is 1. The average Bonchev–Trinajstić information content (AvgIpc) is 2.67. The third kappa shape index (κ3) is 4.76. The van der Waals surface area contributed by atoms with Gasteiger partial charge < -0.3 is 20.5 Å². The van der Waals surface area contributed by atoms with E-state index in [9.17, 15) is 4.79 Å². The van der Waals surface area contributed by atoms with Gasteiger partial charge in [0.05, 0.1) is 20.3 Å². The minimum atomic E-state index is -0.241. The fourth-order valence-corrected chi connectivity index (χ4v) is 2.80. The zero-order valence-electron chi connectivity index (χ0n) is 15.9. The lowest BCUT2D eigenvalue weighted by Gasteiger charge is -2.23. The molecule has 0 heterocycles. The van der Waals surface area contributed by atoms with Gasteiger partial charge in [-0.2, -0.15) is 0 Å². The number of amides is 1.